The molecule has 0 bridgehead atoms. The van der Waals surface area contributed by atoms with Gasteiger partial charge in [0.25, 0.3) is 0 Å². The first kappa shape index (κ1) is 45.1. The molecule has 10 nitrogen and oxygen atoms in total. The molecule has 0 fully saturated rings. The maximum Gasteiger partial charge on any atom is 0.355 e. The Morgan fingerprint density at radius 2 is 0.926 bits per heavy atom. The Morgan fingerprint density at radius 1 is 0.471 bits per heavy atom. The first-order valence-corrected chi connectivity index (χ1v) is 22.7. The molecule has 344 valence electrons. The highest BCUT2D eigenvalue weighted by atomic mass is 16.5. The number of carbonyl (C=O) groups excluding carboxylic acids is 1. The van der Waals surface area contributed by atoms with Gasteiger partial charge in [-0.2, -0.15) is 0 Å². The monoisotopic (exact) mass is 907 g/mol. The van der Waals surface area contributed by atoms with E-state index in [2.05, 4.69) is 10.6 Å². The van der Waals surface area contributed by atoms with Crippen LogP contribution in [-0.2, 0) is 44.1 Å². The zero-order valence-corrected chi connectivity index (χ0v) is 38.7. The normalized spacial score (nSPS) is 11.5. The predicted octanol–water partition coefficient (Wildman–Crippen LogP) is 12.6. The van der Waals surface area contributed by atoms with Crippen LogP contribution in [-0.4, -0.2) is 38.5 Å². The third-order valence-corrected chi connectivity index (χ3v) is 11.9. The van der Waals surface area contributed by atoms with Crippen molar-refractivity contribution < 1.29 is 42.7 Å². The molecular weight excluding hydrogens is 855 g/mol. The van der Waals surface area contributed by atoms with Gasteiger partial charge in [0.1, 0.15) is 37.9 Å². The van der Waals surface area contributed by atoms with Crippen LogP contribution in [0.2, 0.25) is 0 Å². The molecule has 2 heterocycles. The van der Waals surface area contributed by atoms with Crippen molar-refractivity contribution in [1.82, 2.24) is 4.57 Å². The van der Waals surface area contributed by atoms with Crippen LogP contribution < -0.4 is 33.2 Å². The number of aryl methyl sites for hydroxylation is 1. The second-order valence-corrected chi connectivity index (χ2v) is 16.2. The van der Waals surface area contributed by atoms with Gasteiger partial charge >= 0.3 is 5.97 Å². The molecule has 1 aliphatic rings. The molecule has 1 aliphatic heterocycles. The van der Waals surface area contributed by atoms with Gasteiger partial charge in [-0.3, -0.25) is 0 Å². The molecule has 0 amide bonds. The van der Waals surface area contributed by atoms with Crippen LogP contribution in [0.15, 0.2) is 164 Å². The largest absolute Gasteiger partial charge is 0.493 e. The summed E-state index contributed by atoms with van der Waals surface area (Å²) in [4.78, 5) is 14.9. The van der Waals surface area contributed by atoms with Crippen LogP contribution in [0.3, 0.4) is 0 Å². The fourth-order valence-electron chi connectivity index (χ4n) is 8.63. The molecule has 68 heavy (non-hydrogen) atoms. The number of rotatable bonds is 19. The van der Waals surface area contributed by atoms with E-state index in [4.69, 9.17) is 37.9 Å². The first-order chi connectivity index (χ1) is 33.5. The summed E-state index contributed by atoms with van der Waals surface area (Å²) in [5.41, 5.74) is 9.71. The number of methoxy groups -OCH3 is 3. The predicted molar refractivity (Wildman–Crippen MR) is 263 cm³/mol. The highest BCUT2D eigenvalue weighted by Crippen LogP contribution is 2.54. The zero-order chi connectivity index (χ0) is 46.8. The van der Waals surface area contributed by atoms with Crippen LogP contribution >= 0.6 is 0 Å². The highest BCUT2D eigenvalue weighted by molar-refractivity contribution is 6.08. The lowest BCUT2D eigenvalue weighted by Crippen LogP contribution is -2.18. The summed E-state index contributed by atoms with van der Waals surface area (Å²) >= 11 is 0. The van der Waals surface area contributed by atoms with Crippen LogP contribution in [0.25, 0.3) is 33.5 Å². The van der Waals surface area contributed by atoms with E-state index in [9.17, 15) is 4.79 Å². The Bertz CT molecular complexity index is 2990. The van der Waals surface area contributed by atoms with Crippen LogP contribution in [0.5, 0.6) is 40.2 Å². The van der Waals surface area contributed by atoms with Crippen molar-refractivity contribution in [3.8, 4) is 73.8 Å². The number of esters is 1. The molecule has 1 aromatic heterocycles. The van der Waals surface area contributed by atoms with E-state index >= 15 is 0 Å². The van der Waals surface area contributed by atoms with E-state index in [1.54, 1.807) is 21.3 Å². The van der Waals surface area contributed by atoms with E-state index in [1.165, 1.54) is 0 Å². The Morgan fingerprint density at radius 3 is 1.43 bits per heavy atom. The van der Waals surface area contributed by atoms with Crippen molar-refractivity contribution in [1.29, 1.82) is 0 Å². The third-order valence-electron chi connectivity index (χ3n) is 11.9. The van der Waals surface area contributed by atoms with Crippen LogP contribution in [0, 0.1) is 0 Å². The van der Waals surface area contributed by atoms with E-state index in [0.717, 1.165) is 50.2 Å². The van der Waals surface area contributed by atoms with Crippen molar-refractivity contribution in [2.45, 2.75) is 46.3 Å². The molecular formula is C58H53NO9. The SMILES string of the molecule is CCOC(=O)c1c(-c2cc(OCc3ccccc3)c(OC)cc2OCc2ccccc2)c(-c2ccc(OC)c(OCc3ccccc3)c2)c2n1CCc1cc(OCc3ccccc3)c(OC)cc1-2. The van der Waals surface area contributed by atoms with Crippen molar-refractivity contribution in [2.75, 3.05) is 27.9 Å². The molecule has 0 unspecified atom stereocenters. The van der Waals surface area contributed by atoms with Gasteiger partial charge in [-0.25, -0.2) is 4.79 Å². The Labute approximate surface area is 397 Å². The van der Waals surface area contributed by atoms with E-state index in [0.29, 0.717) is 83.2 Å². The number of aromatic nitrogens is 1. The molecule has 0 N–H and O–H groups in total. The van der Waals surface area contributed by atoms with Gasteiger partial charge in [-0.15, -0.1) is 0 Å². The van der Waals surface area contributed by atoms with Crippen molar-refractivity contribution in [3.05, 3.63) is 197 Å². The summed E-state index contributed by atoms with van der Waals surface area (Å²) in [5, 5.41) is 0. The maximum absolute atomic E-state index is 14.9. The first-order valence-electron chi connectivity index (χ1n) is 22.7. The summed E-state index contributed by atoms with van der Waals surface area (Å²) < 4.78 is 52.4. The standard InChI is InChI=1S/C58H53NO9/c1-5-64-58(60)57-55(46-33-53(68-38-42-24-16-9-17-25-42)50(63-4)34-48(46)65-35-39-18-10-6-11-19-39)54(44-26-27-47(61-2)51(31-44)66-36-40-20-12-7-13-21-40)56-45-32-49(62-3)52(30-43(45)28-29-59(56)57)67-37-41-22-14-8-15-23-41/h6-27,30-34H,5,28-29,35-38H2,1-4H3. The number of nitrogens with zero attached hydrogens (tertiary/aromatic N) is 1. The average Bonchev–Trinajstić information content (AvgIpc) is 3.75. The molecule has 9 rings (SSSR count). The quantitative estimate of drug-likeness (QED) is 0.0735. The van der Waals surface area contributed by atoms with E-state index < -0.39 is 5.97 Å². The minimum absolute atomic E-state index is 0.159. The highest BCUT2D eigenvalue weighted by Gasteiger charge is 2.36. The van der Waals surface area contributed by atoms with E-state index in [-0.39, 0.29) is 19.8 Å². The zero-order valence-electron chi connectivity index (χ0n) is 38.7. The van der Waals surface area contributed by atoms with Crippen molar-refractivity contribution in [3.63, 3.8) is 0 Å². The number of ether oxygens (including phenoxy) is 8. The molecule has 0 atom stereocenters. The second-order valence-electron chi connectivity index (χ2n) is 16.2. The molecule has 10 heteroatoms. The maximum atomic E-state index is 14.9. The van der Waals surface area contributed by atoms with Gasteiger partial charge < -0.3 is 42.5 Å². The average molecular weight is 908 g/mol. The Balaban J connectivity index is 1.30. The van der Waals surface area contributed by atoms with Crippen LogP contribution in [0.1, 0.15) is 45.2 Å². The number of carbonyl (C=O) groups is 1. The van der Waals surface area contributed by atoms with Gasteiger partial charge in [0.15, 0.2) is 34.5 Å². The smallest absolute Gasteiger partial charge is 0.355 e. The molecule has 7 aromatic carbocycles. The lowest BCUT2D eigenvalue weighted by atomic mass is 9.89. The van der Waals surface area contributed by atoms with E-state index in [1.807, 2.05) is 165 Å². The summed E-state index contributed by atoms with van der Waals surface area (Å²) in [6.07, 6.45) is 0.591. The summed E-state index contributed by atoms with van der Waals surface area (Å²) in [5.74, 6) is 3.17. The Hall–Kier alpha value is -8.11. The topological polar surface area (TPSA) is 95.8 Å². The Kier molecular flexibility index (Phi) is 13.9. The number of fused-ring (bicyclic) bond motifs is 3. The van der Waals surface area contributed by atoms with Crippen molar-refractivity contribution >= 4 is 5.97 Å². The fraction of sp³-hybridized carbons (Fsp3) is 0.190. The minimum Gasteiger partial charge on any atom is -0.493 e. The van der Waals surface area contributed by atoms with Crippen molar-refractivity contribution in [2.24, 2.45) is 0 Å². The summed E-state index contributed by atoms with van der Waals surface area (Å²) in [6.45, 7) is 3.61. The second kappa shape index (κ2) is 21.0. The fourth-order valence-corrected chi connectivity index (χ4v) is 8.63. The molecule has 0 aliphatic carbocycles. The molecule has 8 aromatic rings. The minimum atomic E-state index is -0.487. The molecule has 0 saturated carbocycles. The van der Waals surface area contributed by atoms with Gasteiger partial charge in [-0.1, -0.05) is 127 Å². The van der Waals surface area contributed by atoms with Gasteiger partial charge in [0.05, 0.1) is 33.6 Å². The molecule has 0 radical (unpaired) electrons. The number of hydrogen-bond donors (Lipinski definition) is 0. The summed E-state index contributed by atoms with van der Waals surface area (Å²) in [6, 6.07) is 53.6. The number of benzene rings is 7. The van der Waals surface area contributed by atoms with Gasteiger partial charge in [-0.05, 0) is 77.1 Å². The van der Waals surface area contributed by atoms with Gasteiger partial charge in [0, 0.05) is 34.9 Å². The molecule has 0 spiro atoms. The molecule has 0 saturated heterocycles. The number of hydrogen-bond acceptors (Lipinski definition) is 9. The summed E-state index contributed by atoms with van der Waals surface area (Å²) in [7, 11) is 4.87. The van der Waals surface area contributed by atoms with Gasteiger partial charge in [0.2, 0.25) is 0 Å². The third kappa shape index (κ3) is 9.71. The lowest BCUT2D eigenvalue weighted by molar-refractivity contribution is 0.0514. The lowest BCUT2D eigenvalue weighted by Gasteiger charge is -2.24. The van der Waals surface area contributed by atoms with Crippen LogP contribution in [0.4, 0.5) is 0 Å².